The number of hydrogen-bond acceptors (Lipinski definition) is 2. The van der Waals surface area contributed by atoms with Gasteiger partial charge in [0, 0.05) is 5.02 Å². The van der Waals surface area contributed by atoms with E-state index in [0.29, 0.717) is 10.8 Å². The van der Waals surface area contributed by atoms with Gasteiger partial charge >= 0.3 is 5.97 Å². The van der Waals surface area contributed by atoms with E-state index in [9.17, 15) is 4.79 Å². The average molecular weight is 310 g/mol. The van der Waals surface area contributed by atoms with E-state index in [1.807, 2.05) is 6.92 Å². The van der Waals surface area contributed by atoms with Gasteiger partial charge in [0.05, 0.1) is 11.5 Å². The van der Waals surface area contributed by atoms with Crippen LogP contribution >= 0.6 is 34.8 Å². The van der Waals surface area contributed by atoms with Gasteiger partial charge in [0.2, 0.25) is 5.56 Å². The molecule has 1 N–H and O–H groups in total. The maximum atomic E-state index is 10.4. The summed E-state index contributed by atoms with van der Waals surface area (Å²) in [6.45, 7) is 1.82. The van der Waals surface area contributed by atoms with Crippen LogP contribution in [0.4, 0.5) is 0 Å². The smallest absolute Gasteiger partial charge is 0.307 e. The van der Waals surface area contributed by atoms with Crippen LogP contribution in [0.1, 0.15) is 12.0 Å². The Morgan fingerprint density at radius 3 is 2.78 bits per heavy atom. The molecule has 0 aliphatic carbocycles. The van der Waals surface area contributed by atoms with E-state index in [4.69, 9.17) is 44.6 Å². The summed E-state index contributed by atoms with van der Waals surface area (Å²) >= 11 is 17.5. The molecule has 1 unspecified atom stereocenters. The molecular weight excluding hydrogens is 298 g/mol. The fourth-order valence-corrected chi connectivity index (χ4v) is 1.72. The molecule has 0 bridgehead atoms. The highest BCUT2D eigenvalue weighted by molar-refractivity contribution is 6.37. The van der Waals surface area contributed by atoms with Crippen molar-refractivity contribution in [2.24, 2.45) is 0 Å². The van der Waals surface area contributed by atoms with Crippen molar-refractivity contribution in [2.75, 3.05) is 0 Å². The second-order valence-corrected chi connectivity index (χ2v) is 4.80. The number of carboxylic acid groups (broad SMARTS) is 1. The minimum Gasteiger partial charge on any atom is -0.481 e. The molecule has 0 fully saturated rings. The fourth-order valence-electron chi connectivity index (χ4n) is 1.19. The van der Waals surface area contributed by atoms with Gasteiger partial charge in [-0.1, -0.05) is 40.9 Å². The van der Waals surface area contributed by atoms with Gasteiger partial charge < -0.3 is 9.84 Å². The number of aliphatic carboxylic acids is 1. The molecule has 0 saturated heterocycles. The predicted molar refractivity (Wildman–Crippen MR) is 72.6 cm³/mol. The van der Waals surface area contributed by atoms with Crippen LogP contribution in [0.2, 0.25) is 5.02 Å². The summed E-state index contributed by atoms with van der Waals surface area (Å²) in [4.78, 5) is 10.4. The maximum absolute atomic E-state index is 10.4. The Bertz CT molecular complexity index is 472. The molecule has 0 aliphatic rings. The summed E-state index contributed by atoms with van der Waals surface area (Å²) in [6, 6.07) is 5.08. The third kappa shape index (κ3) is 4.77. The van der Waals surface area contributed by atoms with Gasteiger partial charge in [0.25, 0.3) is 0 Å². The number of carboxylic acids is 1. The molecule has 0 spiro atoms. The van der Waals surface area contributed by atoms with E-state index < -0.39 is 11.5 Å². The third-order valence-electron chi connectivity index (χ3n) is 2.06. The van der Waals surface area contributed by atoms with Crippen molar-refractivity contribution < 1.29 is 14.6 Å². The van der Waals surface area contributed by atoms with E-state index in [1.165, 1.54) is 6.08 Å². The normalized spacial score (nSPS) is 13.2. The van der Waals surface area contributed by atoms with Gasteiger partial charge in [0.1, 0.15) is 5.75 Å². The summed E-state index contributed by atoms with van der Waals surface area (Å²) in [7, 11) is 0. The highest BCUT2D eigenvalue weighted by atomic mass is 35.5. The molecule has 1 aromatic carbocycles. The van der Waals surface area contributed by atoms with Crippen LogP contribution in [0.25, 0.3) is 0 Å². The summed E-state index contributed by atoms with van der Waals surface area (Å²) < 4.78 is 5.41. The Hall–Kier alpha value is -0.900. The molecule has 0 saturated carbocycles. The van der Waals surface area contributed by atoms with Crippen LogP contribution in [0, 0.1) is 6.92 Å². The molecule has 0 aliphatic heterocycles. The third-order valence-corrected chi connectivity index (χ3v) is 3.08. The molecule has 1 aromatic rings. The van der Waals surface area contributed by atoms with E-state index in [1.54, 1.807) is 18.2 Å². The first-order chi connectivity index (χ1) is 8.40. The minimum absolute atomic E-state index is 0.133. The second-order valence-electron chi connectivity index (χ2n) is 3.53. The van der Waals surface area contributed by atoms with Crippen molar-refractivity contribution in [2.45, 2.75) is 18.9 Å². The molecule has 6 heteroatoms. The summed E-state index contributed by atoms with van der Waals surface area (Å²) in [5.74, 6) is -0.444. The summed E-state index contributed by atoms with van der Waals surface area (Å²) in [5.41, 5.74) is -0.109. The molecule has 1 rings (SSSR count). The van der Waals surface area contributed by atoms with E-state index in [0.717, 1.165) is 5.56 Å². The van der Waals surface area contributed by atoms with Gasteiger partial charge in [-0.15, -0.1) is 0 Å². The van der Waals surface area contributed by atoms with Gasteiger partial charge in [-0.05, 0) is 30.7 Å². The van der Waals surface area contributed by atoms with Gasteiger partial charge in [0.15, 0.2) is 0 Å². The van der Waals surface area contributed by atoms with Crippen molar-refractivity contribution in [3.8, 4) is 5.75 Å². The molecular formula is C12H11Cl3O3. The molecule has 0 radical (unpaired) electrons. The van der Waals surface area contributed by atoms with E-state index in [-0.39, 0.29) is 11.5 Å². The first-order valence-electron chi connectivity index (χ1n) is 5.04. The lowest BCUT2D eigenvalue weighted by Crippen LogP contribution is -2.10. The first-order valence-corrected chi connectivity index (χ1v) is 6.23. The topological polar surface area (TPSA) is 46.5 Å². The lowest BCUT2D eigenvalue weighted by Gasteiger charge is -2.14. The van der Waals surface area contributed by atoms with Crippen molar-refractivity contribution in [1.82, 2.24) is 0 Å². The largest absolute Gasteiger partial charge is 0.481 e. The Morgan fingerprint density at radius 2 is 2.22 bits per heavy atom. The van der Waals surface area contributed by atoms with Crippen LogP contribution < -0.4 is 4.74 Å². The Kier molecular flexibility index (Phi) is 5.79. The first kappa shape index (κ1) is 15.2. The average Bonchev–Trinajstić information content (AvgIpc) is 2.29. The van der Waals surface area contributed by atoms with Crippen molar-refractivity contribution >= 4 is 40.8 Å². The van der Waals surface area contributed by atoms with E-state index >= 15 is 0 Å². The van der Waals surface area contributed by atoms with Crippen molar-refractivity contribution in [3.05, 3.63) is 39.9 Å². The number of carbonyl (C=O) groups is 1. The minimum atomic E-state index is -0.986. The van der Waals surface area contributed by atoms with Crippen molar-refractivity contribution in [1.29, 1.82) is 0 Å². The monoisotopic (exact) mass is 308 g/mol. The predicted octanol–water partition coefficient (Wildman–Crippen LogP) is 4.19. The zero-order valence-corrected chi connectivity index (χ0v) is 11.8. The fraction of sp³-hybridized carbons (Fsp3) is 0.250. The molecule has 3 nitrogen and oxygen atoms in total. The van der Waals surface area contributed by atoms with Crippen LogP contribution in [0.15, 0.2) is 29.3 Å². The Labute approximate surface area is 120 Å². The number of alkyl halides is 1. The number of hydrogen-bond donors (Lipinski definition) is 1. The lowest BCUT2D eigenvalue weighted by molar-refractivity contribution is -0.136. The lowest BCUT2D eigenvalue weighted by atomic mass is 10.2. The highest BCUT2D eigenvalue weighted by Gasteiger charge is 2.12. The maximum Gasteiger partial charge on any atom is 0.307 e. The summed E-state index contributed by atoms with van der Waals surface area (Å²) in [5, 5.41) is 9.24. The number of halogens is 3. The number of ether oxygens (including phenoxy) is 1. The van der Waals surface area contributed by atoms with Crippen molar-refractivity contribution in [3.63, 3.8) is 0 Å². The quantitative estimate of drug-likeness (QED) is 0.830. The van der Waals surface area contributed by atoms with Crippen LogP contribution in [0.3, 0.4) is 0 Å². The van der Waals surface area contributed by atoms with Gasteiger partial charge in [-0.25, -0.2) is 0 Å². The Morgan fingerprint density at radius 1 is 1.56 bits per heavy atom. The number of rotatable bonds is 5. The van der Waals surface area contributed by atoms with Crippen LogP contribution in [-0.2, 0) is 4.79 Å². The molecule has 0 heterocycles. The van der Waals surface area contributed by atoms with Gasteiger partial charge in [-0.3, -0.25) is 4.79 Å². The number of aryl methyl sites for hydroxylation is 1. The van der Waals surface area contributed by atoms with Gasteiger partial charge in [-0.2, -0.15) is 0 Å². The zero-order valence-electron chi connectivity index (χ0n) is 9.49. The molecule has 0 amide bonds. The standard InChI is InChI=1S/C12H11Cl3O3/c1-7-6-8(13)2-4-10(7)18-12(15)9(14)3-5-11(16)17/h2-4,6,12H,5H2,1H3,(H,16,17). The highest BCUT2D eigenvalue weighted by Crippen LogP contribution is 2.26. The van der Waals surface area contributed by atoms with E-state index in [2.05, 4.69) is 0 Å². The molecule has 98 valence electrons. The summed E-state index contributed by atoms with van der Waals surface area (Å²) in [6.07, 6.45) is 1.10. The Balaban J connectivity index is 2.72. The SMILES string of the molecule is Cc1cc(Cl)ccc1OC(Cl)C(Cl)=CCC(=O)O. The molecule has 0 aromatic heterocycles. The number of benzene rings is 1. The molecule has 18 heavy (non-hydrogen) atoms. The molecule has 1 atom stereocenters. The second kappa shape index (κ2) is 6.88. The van der Waals surface area contributed by atoms with Crippen LogP contribution in [0.5, 0.6) is 5.75 Å². The zero-order chi connectivity index (χ0) is 13.7. The van der Waals surface area contributed by atoms with Crippen LogP contribution in [-0.4, -0.2) is 16.6 Å².